The van der Waals surface area contributed by atoms with Gasteiger partial charge in [-0.15, -0.1) is 12.8 Å². The highest BCUT2D eigenvalue weighted by Gasteiger charge is 2.47. The van der Waals surface area contributed by atoms with Crippen LogP contribution in [0.2, 0.25) is 5.02 Å². The van der Waals surface area contributed by atoms with Crippen LogP contribution in [0, 0.1) is 24.7 Å². The molecule has 192 valence electrons. The Bertz CT molecular complexity index is 986. The molecule has 0 spiro atoms. The molecule has 0 radical (unpaired) electrons. The molecule has 4 rings (SSSR count). The number of hydrogen-bond donors (Lipinski definition) is 2. The van der Waals surface area contributed by atoms with Crippen LogP contribution < -0.4 is 15.8 Å². The molecule has 0 bridgehead atoms. The molecule has 8 heteroatoms. The first kappa shape index (κ1) is 28.5. The van der Waals surface area contributed by atoms with E-state index in [4.69, 9.17) is 22.1 Å². The Hall–Kier alpha value is -2.72. The van der Waals surface area contributed by atoms with Gasteiger partial charge in [0.05, 0.1) is 18.0 Å². The predicted octanol–water partition coefficient (Wildman–Crippen LogP) is 4.69. The van der Waals surface area contributed by atoms with Crippen LogP contribution in [0.4, 0.5) is 0 Å². The van der Waals surface area contributed by atoms with Crippen molar-refractivity contribution < 1.29 is 14.3 Å². The number of hydrogen-bond acceptors (Lipinski definition) is 5. The summed E-state index contributed by atoms with van der Waals surface area (Å²) in [4.78, 5) is 31.3. The van der Waals surface area contributed by atoms with Gasteiger partial charge in [-0.2, -0.15) is 0 Å². The van der Waals surface area contributed by atoms with Crippen LogP contribution in [0.5, 0.6) is 5.75 Å². The predicted molar refractivity (Wildman–Crippen MR) is 141 cm³/mol. The Kier molecular flexibility index (Phi) is 9.24. The standard InChI is InChI=1S/C22H29ClN4O3.C3H8.C2H2/c1-21(2)10-18(28)27(20(24)26-21)11-12-7-15(12)19(29)25-16-9-22(3,4)30-17-8-13(23)5-6-14(16)17;1-3-2;1-2/h5-6,8,12,15-16H,7,9-11H2,1-4H3,(H2,24,26)(H,25,29);3H2,1-2H3;1-2H/t12-,15?,16+;;/m1../s1. The van der Waals surface area contributed by atoms with Crippen molar-refractivity contribution in [1.82, 2.24) is 10.2 Å². The van der Waals surface area contributed by atoms with Crippen LogP contribution in [0.3, 0.4) is 0 Å². The van der Waals surface area contributed by atoms with Crippen LogP contribution in [0.25, 0.3) is 0 Å². The summed E-state index contributed by atoms with van der Waals surface area (Å²) in [5, 5.41) is 3.79. The SMILES string of the molecule is C#C.CC1(C)CC(=O)N(C[C@H]2CC2C(=O)N[C@H]2CC(C)(C)Oc3cc(Cl)ccc32)C(N)=N1.CCC. The van der Waals surface area contributed by atoms with Gasteiger partial charge < -0.3 is 15.8 Å². The molecular weight excluding hydrogens is 464 g/mol. The van der Waals surface area contributed by atoms with Gasteiger partial charge in [0.15, 0.2) is 5.96 Å². The molecule has 1 aliphatic carbocycles. The highest BCUT2D eigenvalue weighted by molar-refractivity contribution is 6.30. The number of carbonyl (C=O) groups excluding carboxylic acids is 2. The first-order valence-electron chi connectivity index (χ1n) is 12.1. The van der Waals surface area contributed by atoms with Gasteiger partial charge in [-0.25, -0.2) is 4.99 Å². The number of fused-ring (bicyclic) bond motifs is 1. The number of nitrogens with one attached hydrogen (secondary N) is 1. The number of nitrogens with zero attached hydrogens (tertiary/aromatic N) is 2. The van der Waals surface area contributed by atoms with E-state index in [-0.39, 0.29) is 35.7 Å². The van der Waals surface area contributed by atoms with Crippen LogP contribution in [0.1, 0.15) is 78.8 Å². The smallest absolute Gasteiger partial charge is 0.231 e. The van der Waals surface area contributed by atoms with Crippen molar-refractivity contribution >= 4 is 29.4 Å². The maximum absolute atomic E-state index is 12.9. The zero-order valence-corrected chi connectivity index (χ0v) is 22.5. The minimum atomic E-state index is -0.468. The fourth-order valence-electron chi connectivity index (χ4n) is 4.44. The summed E-state index contributed by atoms with van der Waals surface area (Å²) in [6.45, 7) is 12.5. The first-order chi connectivity index (χ1) is 16.4. The lowest BCUT2D eigenvalue weighted by Gasteiger charge is -2.38. The van der Waals surface area contributed by atoms with Gasteiger partial charge in [-0.1, -0.05) is 37.9 Å². The average molecular weight is 503 g/mol. The van der Waals surface area contributed by atoms with E-state index >= 15 is 0 Å². The Balaban J connectivity index is 0.000000803. The van der Waals surface area contributed by atoms with Gasteiger partial charge in [0, 0.05) is 29.5 Å². The van der Waals surface area contributed by atoms with Crippen molar-refractivity contribution in [1.29, 1.82) is 0 Å². The highest BCUT2D eigenvalue weighted by Crippen LogP contribution is 2.43. The molecule has 1 saturated carbocycles. The van der Waals surface area contributed by atoms with Crippen molar-refractivity contribution in [2.24, 2.45) is 22.6 Å². The Morgan fingerprint density at radius 1 is 1.29 bits per heavy atom. The lowest BCUT2D eigenvalue weighted by molar-refractivity contribution is -0.130. The van der Waals surface area contributed by atoms with Gasteiger partial charge in [0.2, 0.25) is 11.8 Å². The van der Waals surface area contributed by atoms with E-state index in [2.05, 4.69) is 37.0 Å². The second-order valence-corrected chi connectivity index (χ2v) is 11.0. The Labute approximate surface area is 214 Å². The summed E-state index contributed by atoms with van der Waals surface area (Å²) in [7, 11) is 0. The van der Waals surface area contributed by atoms with Gasteiger partial charge in [-0.05, 0) is 52.2 Å². The lowest BCUT2D eigenvalue weighted by atomic mass is 9.89. The van der Waals surface area contributed by atoms with Crippen molar-refractivity contribution in [2.75, 3.05) is 6.54 Å². The molecule has 2 heterocycles. The molecule has 1 fully saturated rings. The molecule has 3 aliphatic rings. The third kappa shape index (κ3) is 7.38. The van der Waals surface area contributed by atoms with Crippen molar-refractivity contribution in [3.8, 4) is 18.6 Å². The third-order valence-electron chi connectivity index (χ3n) is 6.00. The number of benzene rings is 1. The van der Waals surface area contributed by atoms with Gasteiger partial charge in [0.25, 0.3) is 0 Å². The monoisotopic (exact) mass is 502 g/mol. The molecule has 1 aromatic carbocycles. The number of ether oxygens (including phenoxy) is 1. The van der Waals surface area contributed by atoms with E-state index in [0.29, 0.717) is 30.2 Å². The summed E-state index contributed by atoms with van der Waals surface area (Å²) in [6, 6.07) is 5.38. The number of aliphatic imine (C=N–C) groups is 1. The second kappa shape index (κ2) is 11.3. The molecule has 0 aromatic heterocycles. The zero-order valence-electron chi connectivity index (χ0n) is 21.7. The van der Waals surface area contributed by atoms with Gasteiger partial charge in [-0.3, -0.25) is 14.5 Å². The number of nitrogens with two attached hydrogens (primary N) is 1. The molecular formula is C27H39ClN4O3. The fraction of sp³-hybridized carbons (Fsp3) is 0.593. The fourth-order valence-corrected chi connectivity index (χ4v) is 4.60. The molecule has 1 unspecified atom stereocenters. The van der Waals surface area contributed by atoms with E-state index in [0.717, 1.165) is 12.0 Å². The second-order valence-electron chi connectivity index (χ2n) is 10.6. The van der Waals surface area contributed by atoms with Gasteiger partial charge in [0.1, 0.15) is 11.4 Å². The summed E-state index contributed by atoms with van der Waals surface area (Å²) in [5.41, 5.74) is 6.08. The lowest BCUT2D eigenvalue weighted by Crippen LogP contribution is -2.50. The van der Waals surface area contributed by atoms with Crippen LogP contribution in [-0.2, 0) is 9.59 Å². The molecule has 3 atom stereocenters. The summed E-state index contributed by atoms with van der Waals surface area (Å²) in [5.74, 6) is 0.907. The van der Waals surface area contributed by atoms with Crippen molar-refractivity contribution in [2.45, 2.75) is 84.4 Å². The zero-order chi connectivity index (χ0) is 26.6. The average Bonchev–Trinajstić information content (AvgIpc) is 3.50. The number of halogens is 1. The molecule has 2 aliphatic heterocycles. The third-order valence-corrected chi connectivity index (χ3v) is 6.24. The van der Waals surface area contributed by atoms with Gasteiger partial charge >= 0.3 is 0 Å². The van der Waals surface area contributed by atoms with Crippen LogP contribution in [-0.4, -0.2) is 40.4 Å². The minimum Gasteiger partial charge on any atom is -0.487 e. The number of amides is 2. The topological polar surface area (TPSA) is 97.0 Å². The minimum absolute atomic E-state index is 0.00361. The molecule has 0 saturated heterocycles. The number of guanidine groups is 1. The highest BCUT2D eigenvalue weighted by atomic mass is 35.5. The van der Waals surface area contributed by atoms with E-state index in [9.17, 15) is 9.59 Å². The summed E-state index contributed by atoms with van der Waals surface area (Å²) < 4.78 is 6.04. The van der Waals surface area contributed by atoms with E-state index in [1.54, 1.807) is 6.07 Å². The normalized spacial score (nSPS) is 25.3. The number of rotatable bonds is 4. The van der Waals surface area contributed by atoms with E-state index in [1.165, 1.54) is 11.3 Å². The summed E-state index contributed by atoms with van der Waals surface area (Å²) in [6.07, 6.45) is 11.0. The molecule has 2 amide bonds. The quantitative estimate of drug-likeness (QED) is 0.584. The Morgan fingerprint density at radius 3 is 2.51 bits per heavy atom. The maximum atomic E-state index is 12.9. The van der Waals surface area contributed by atoms with Crippen molar-refractivity contribution in [3.63, 3.8) is 0 Å². The van der Waals surface area contributed by atoms with Crippen LogP contribution in [0.15, 0.2) is 23.2 Å². The van der Waals surface area contributed by atoms with Crippen LogP contribution >= 0.6 is 11.6 Å². The molecule has 1 aromatic rings. The summed E-state index contributed by atoms with van der Waals surface area (Å²) >= 11 is 6.12. The number of terminal acetylenes is 1. The maximum Gasteiger partial charge on any atom is 0.231 e. The van der Waals surface area contributed by atoms with E-state index < -0.39 is 11.1 Å². The Morgan fingerprint density at radius 2 is 1.91 bits per heavy atom. The molecule has 7 nitrogen and oxygen atoms in total. The molecule has 3 N–H and O–H groups in total. The first-order valence-corrected chi connectivity index (χ1v) is 12.5. The largest absolute Gasteiger partial charge is 0.487 e. The molecule has 35 heavy (non-hydrogen) atoms. The number of carbonyl (C=O) groups is 2. The van der Waals surface area contributed by atoms with E-state index in [1.807, 2.05) is 39.8 Å². The van der Waals surface area contributed by atoms with Crippen molar-refractivity contribution in [3.05, 3.63) is 28.8 Å².